The molecule has 5 nitrogen and oxygen atoms in total. The zero-order valence-electron chi connectivity index (χ0n) is 13.6. The standard InChI is InChI=1S/C16H31N3O2/c1-3-5-7-14(17)16(21)19-11-8-13(9-12-19)15(20)18-10-6-4-2/h13-14H,3-12,17H2,1-2H3,(H,18,20). The van der Waals surface area contributed by atoms with E-state index in [-0.39, 0.29) is 23.8 Å². The van der Waals surface area contributed by atoms with Gasteiger partial charge in [0.1, 0.15) is 0 Å². The molecule has 2 amide bonds. The van der Waals surface area contributed by atoms with Gasteiger partial charge in [-0.05, 0) is 25.7 Å². The lowest BCUT2D eigenvalue weighted by Crippen LogP contribution is -2.48. The summed E-state index contributed by atoms with van der Waals surface area (Å²) in [5.41, 5.74) is 5.94. The van der Waals surface area contributed by atoms with Crippen LogP contribution in [0.3, 0.4) is 0 Å². The molecular weight excluding hydrogens is 266 g/mol. The molecule has 1 aliphatic rings. The van der Waals surface area contributed by atoms with Crippen molar-refractivity contribution >= 4 is 11.8 Å². The van der Waals surface area contributed by atoms with Crippen LogP contribution in [-0.4, -0.2) is 42.4 Å². The number of nitrogens with two attached hydrogens (primary N) is 1. The molecule has 1 saturated heterocycles. The largest absolute Gasteiger partial charge is 0.356 e. The number of nitrogens with zero attached hydrogens (tertiary/aromatic N) is 1. The molecule has 0 aromatic carbocycles. The number of hydrogen-bond acceptors (Lipinski definition) is 3. The normalized spacial score (nSPS) is 17.6. The Bertz CT molecular complexity index is 325. The van der Waals surface area contributed by atoms with E-state index >= 15 is 0 Å². The summed E-state index contributed by atoms with van der Waals surface area (Å²) < 4.78 is 0. The maximum Gasteiger partial charge on any atom is 0.239 e. The second-order valence-electron chi connectivity index (χ2n) is 5.99. The highest BCUT2D eigenvalue weighted by atomic mass is 16.2. The first-order valence-electron chi connectivity index (χ1n) is 8.42. The maximum atomic E-state index is 12.2. The molecule has 1 aliphatic heterocycles. The molecule has 21 heavy (non-hydrogen) atoms. The van der Waals surface area contributed by atoms with Crippen LogP contribution in [-0.2, 0) is 9.59 Å². The van der Waals surface area contributed by atoms with Crippen LogP contribution in [0.25, 0.3) is 0 Å². The van der Waals surface area contributed by atoms with Crippen molar-refractivity contribution in [3.05, 3.63) is 0 Å². The molecule has 0 aromatic rings. The molecule has 0 radical (unpaired) electrons. The molecular formula is C16H31N3O2. The van der Waals surface area contributed by atoms with Gasteiger partial charge in [0.2, 0.25) is 11.8 Å². The van der Waals surface area contributed by atoms with Gasteiger partial charge in [-0.3, -0.25) is 9.59 Å². The van der Waals surface area contributed by atoms with Crippen LogP contribution in [0.4, 0.5) is 0 Å². The zero-order valence-corrected chi connectivity index (χ0v) is 13.6. The summed E-state index contributed by atoms with van der Waals surface area (Å²) in [5.74, 6) is 0.247. The Kier molecular flexibility index (Phi) is 8.35. The summed E-state index contributed by atoms with van der Waals surface area (Å²) >= 11 is 0. The highest BCUT2D eigenvalue weighted by molar-refractivity contribution is 5.82. The van der Waals surface area contributed by atoms with E-state index in [1.807, 2.05) is 4.90 Å². The van der Waals surface area contributed by atoms with Gasteiger partial charge in [0, 0.05) is 25.6 Å². The molecule has 0 aromatic heterocycles. The van der Waals surface area contributed by atoms with Gasteiger partial charge in [0.15, 0.2) is 0 Å². The number of nitrogens with one attached hydrogen (secondary N) is 1. The topological polar surface area (TPSA) is 75.4 Å². The van der Waals surface area contributed by atoms with Gasteiger partial charge >= 0.3 is 0 Å². The van der Waals surface area contributed by atoms with E-state index in [1.54, 1.807) is 0 Å². The number of carbonyl (C=O) groups is 2. The number of hydrogen-bond donors (Lipinski definition) is 2. The summed E-state index contributed by atoms with van der Waals surface area (Å²) in [6.45, 7) is 6.28. The van der Waals surface area contributed by atoms with E-state index in [0.717, 1.165) is 51.5 Å². The molecule has 1 fully saturated rings. The number of amides is 2. The monoisotopic (exact) mass is 297 g/mol. The van der Waals surface area contributed by atoms with Crippen LogP contribution >= 0.6 is 0 Å². The predicted octanol–water partition coefficient (Wildman–Crippen LogP) is 1.66. The van der Waals surface area contributed by atoms with Crippen molar-refractivity contribution in [3.63, 3.8) is 0 Å². The molecule has 3 N–H and O–H groups in total. The Hall–Kier alpha value is -1.10. The second kappa shape index (κ2) is 9.77. The lowest BCUT2D eigenvalue weighted by atomic mass is 9.95. The molecule has 0 spiro atoms. The average molecular weight is 297 g/mol. The lowest BCUT2D eigenvalue weighted by molar-refractivity contribution is -0.136. The number of piperidine rings is 1. The van der Waals surface area contributed by atoms with E-state index in [4.69, 9.17) is 5.73 Å². The van der Waals surface area contributed by atoms with Gasteiger partial charge in [0.05, 0.1) is 6.04 Å². The van der Waals surface area contributed by atoms with Crippen LogP contribution in [0, 0.1) is 5.92 Å². The zero-order chi connectivity index (χ0) is 15.7. The molecule has 1 heterocycles. The molecule has 1 unspecified atom stereocenters. The quantitative estimate of drug-likeness (QED) is 0.669. The van der Waals surface area contributed by atoms with Crippen LogP contribution in [0.5, 0.6) is 0 Å². The molecule has 1 atom stereocenters. The average Bonchev–Trinajstić information content (AvgIpc) is 2.52. The molecule has 0 bridgehead atoms. The number of likely N-dealkylation sites (tertiary alicyclic amines) is 1. The summed E-state index contributed by atoms with van der Waals surface area (Å²) in [4.78, 5) is 26.0. The van der Waals surface area contributed by atoms with Gasteiger partial charge in [0.25, 0.3) is 0 Å². The maximum absolute atomic E-state index is 12.2. The molecule has 0 saturated carbocycles. The highest BCUT2D eigenvalue weighted by Gasteiger charge is 2.29. The molecule has 0 aliphatic carbocycles. The molecule has 1 rings (SSSR count). The summed E-state index contributed by atoms with van der Waals surface area (Å²) in [6, 6.07) is -0.375. The Labute approximate surface area is 128 Å². The first kappa shape index (κ1) is 18.0. The van der Waals surface area contributed by atoms with Crippen molar-refractivity contribution in [1.29, 1.82) is 0 Å². The first-order chi connectivity index (χ1) is 10.1. The fourth-order valence-electron chi connectivity index (χ4n) is 2.68. The number of rotatable bonds is 8. The predicted molar refractivity (Wildman–Crippen MR) is 84.7 cm³/mol. The third-order valence-electron chi connectivity index (χ3n) is 4.19. The fraction of sp³-hybridized carbons (Fsp3) is 0.875. The molecule has 5 heteroatoms. The second-order valence-corrected chi connectivity index (χ2v) is 5.99. The van der Waals surface area contributed by atoms with Crippen molar-refractivity contribution in [2.75, 3.05) is 19.6 Å². The number of carbonyl (C=O) groups excluding carboxylic acids is 2. The van der Waals surface area contributed by atoms with Gasteiger partial charge in [-0.1, -0.05) is 33.1 Å². The molecule has 122 valence electrons. The summed E-state index contributed by atoms with van der Waals surface area (Å²) in [5, 5.41) is 2.98. The van der Waals surface area contributed by atoms with Gasteiger partial charge in [-0.15, -0.1) is 0 Å². The van der Waals surface area contributed by atoms with E-state index in [0.29, 0.717) is 13.1 Å². The van der Waals surface area contributed by atoms with Gasteiger partial charge in [-0.2, -0.15) is 0 Å². The van der Waals surface area contributed by atoms with Crippen molar-refractivity contribution < 1.29 is 9.59 Å². The Balaban J connectivity index is 2.31. The van der Waals surface area contributed by atoms with Crippen LogP contribution in [0.2, 0.25) is 0 Å². The fourth-order valence-corrected chi connectivity index (χ4v) is 2.68. The van der Waals surface area contributed by atoms with Crippen molar-refractivity contribution in [2.45, 2.75) is 64.8 Å². The lowest BCUT2D eigenvalue weighted by Gasteiger charge is -2.33. The number of unbranched alkanes of at least 4 members (excludes halogenated alkanes) is 2. The van der Waals surface area contributed by atoms with Crippen LogP contribution < -0.4 is 11.1 Å². The van der Waals surface area contributed by atoms with E-state index in [2.05, 4.69) is 19.2 Å². The van der Waals surface area contributed by atoms with Crippen LogP contribution in [0.1, 0.15) is 58.8 Å². The van der Waals surface area contributed by atoms with E-state index in [9.17, 15) is 9.59 Å². The van der Waals surface area contributed by atoms with Crippen LogP contribution in [0.15, 0.2) is 0 Å². The first-order valence-corrected chi connectivity index (χ1v) is 8.42. The minimum atomic E-state index is -0.375. The minimum Gasteiger partial charge on any atom is -0.356 e. The Morgan fingerprint density at radius 1 is 1.19 bits per heavy atom. The Morgan fingerprint density at radius 3 is 2.38 bits per heavy atom. The van der Waals surface area contributed by atoms with Gasteiger partial charge in [-0.25, -0.2) is 0 Å². The van der Waals surface area contributed by atoms with E-state index in [1.165, 1.54) is 0 Å². The Morgan fingerprint density at radius 2 is 1.81 bits per heavy atom. The van der Waals surface area contributed by atoms with E-state index < -0.39 is 0 Å². The SMILES string of the molecule is CCCCNC(=O)C1CCN(C(=O)C(N)CCCC)CC1. The highest BCUT2D eigenvalue weighted by Crippen LogP contribution is 2.18. The smallest absolute Gasteiger partial charge is 0.239 e. The van der Waals surface area contributed by atoms with Crippen molar-refractivity contribution in [1.82, 2.24) is 10.2 Å². The summed E-state index contributed by atoms with van der Waals surface area (Å²) in [7, 11) is 0. The van der Waals surface area contributed by atoms with Crippen molar-refractivity contribution in [2.24, 2.45) is 11.7 Å². The minimum absolute atomic E-state index is 0.0493. The van der Waals surface area contributed by atoms with Gasteiger partial charge < -0.3 is 16.0 Å². The third kappa shape index (κ3) is 6.04. The van der Waals surface area contributed by atoms with Crippen molar-refractivity contribution in [3.8, 4) is 0 Å². The third-order valence-corrected chi connectivity index (χ3v) is 4.19. The summed E-state index contributed by atoms with van der Waals surface area (Å²) in [6.07, 6.45) is 6.42.